The maximum atomic E-state index is 11.4. The van der Waals surface area contributed by atoms with Crippen molar-refractivity contribution in [3.8, 4) is 0 Å². The van der Waals surface area contributed by atoms with Gasteiger partial charge in [-0.15, -0.1) is 0 Å². The highest BCUT2D eigenvalue weighted by atomic mass is 16.5. The van der Waals surface area contributed by atoms with Gasteiger partial charge in [0.1, 0.15) is 0 Å². The molecule has 4 heteroatoms. The van der Waals surface area contributed by atoms with Crippen LogP contribution in [0.4, 0.5) is 5.69 Å². The van der Waals surface area contributed by atoms with Gasteiger partial charge in [-0.1, -0.05) is 12.1 Å². The molecule has 4 nitrogen and oxygen atoms in total. The summed E-state index contributed by atoms with van der Waals surface area (Å²) in [7, 11) is 0. The average Bonchev–Trinajstić information content (AvgIpc) is 2.47. The molecule has 0 unspecified atom stereocenters. The van der Waals surface area contributed by atoms with Gasteiger partial charge in [-0.2, -0.15) is 0 Å². The summed E-state index contributed by atoms with van der Waals surface area (Å²) in [5.74, 6) is -0.697. The number of benzene rings is 1. The number of ether oxygens (including phenoxy) is 1. The molecule has 1 aromatic rings. The molecule has 2 N–H and O–H groups in total. The van der Waals surface area contributed by atoms with Gasteiger partial charge in [-0.25, -0.2) is 0 Å². The summed E-state index contributed by atoms with van der Waals surface area (Å²) in [6.45, 7) is 3.19. The zero-order valence-electron chi connectivity index (χ0n) is 11.8. The zero-order valence-corrected chi connectivity index (χ0v) is 11.8. The standard InChI is InChI=1S/C16H21NO3/c1-12-3-2-4-13(9-12)17-10-16-7-5-15(6-8-16,11-20-16)14(18)19/h2-4,9,17H,5-8,10-11H2,1H3,(H,18,19). The molecule has 108 valence electrons. The minimum Gasteiger partial charge on any atom is -0.481 e. The van der Waals surface area contributed by atoms with Gasteiger partial charge in [0.2, 0.25) is 0 Å². The van der Waals surface area contributed by atoms with E-state index in [-0.39, 0.29) is 5.60 Å². The maximum Gasteiger partial charge on any atom is 0.311 e. The van der Waals surface area contributed by atoms with E-state index in [0.29, 0.717) is 6.61 Å². The van der Waals surface area contributed by atoms with Gasteiger partial charge in [0.15, 0.2) is 0 Å². The molecule has 2 saturated heterocycles. The van der Waals surface area contributed by atoms with Gasteiger partial charge in [-0.05, 0) is 50.3 Å². The molecule has 20 heavy (non-hydrogen) atoms. The number of nitrogens with one attached hydrogen (secondary N) is 1. The number of anilines is 1. The van der Waals surface area contributed by atoms with E-state index in [9.17, 15) is 9.90 Å². The molecule has 2 bridgehead atoms. The summed E-state index contributed by atoms with van der Waals surface area (Å²) in [5.41, 5.74) is 1.53. The van der Waals surface area contributed by atoms with E-state index in [0.717, 1.165) is 37.9 Å². The van der Waals surface area contributed by atoms with E-state index < -0.39 is 11.4 Å². The molecule has 0 atom stereocenters. The van der Waals surface area contributed by atoms with E-state index >= 15 is 0 Å². The van der Waals surface area contributed by atoms with Crippen molar-refractivity contribution in [3.63, 3.8) is 0 Å². The molecule has 2 aliphatic heterocycles. The topological polar surface area (TPSA) is 58.6 Å². The van der Waals surface area contributed by atoms with Crippen LogP contribution in [0.3, 0.4) is 0 Å². The summed E-state index contributed by atoms with van der Waals surface area (Å²) in [5, 5.41) is 12.8. The Hall–Kier alpha value is -1.55. The molecule has 0 spiro atoms. The third-order valence-corrected chi connectivity index (χ3v) is 4.86. The Bertz CT molecular complexity index is 502. The predicted molar refractivity (Wildman–Crippen MR) is 76.9 cm³/mol. The Morgan fingerprint density at radius 1 is 1.35 bits per heavy atom. The predicted octanol–water partition coefficient (Wildman–Crippen LogP) is 2.82. The van der Waals surface area contributed by atoms with Gasteiger partial charge < -0.3 is 15.2 Å². The van der Waals surface area contributed by atoms with E-state index in [1.165, 1.54) is 5.56 Å². The second-order valence-electron chi connectivity index (χ2n) is 6.28. The quantitative estimate of drug-likeness (QED) is 0.887. The Kier molecular flexibility index (Phi) is 3.21. The number of carboxylic acids is 1. The lowest BCUT2D eigenvalue weighted by atomic mass is 9.66. The van der Waals surface area contributed by atoms with Crippen LogP contribution in [-0.2, 0) is 9.53 Å². The van der Waals surface area contributed by atoms with Gasteiger partial charge in [-0.3, -0.25) is 4.79 Å². The SMILES string of the molecule is Cc1cccc(NCC23CCC(C(=O)O)(CC2)CO3)c1. The molecule has 0 aromatic heterocycles. The normalized spacial score (nSPS) is 32.0. The summed E-state index contributed by atoms with van der Waals surface area (Å²) >= 11 is 0. The van der Waals surface area contributed by atoms with Crippen molar-refractivity contribution in [2.75, 3.05) is 18.5 Å². The first-order valence-corrected chi connectivity index (χ1v) is 7.22. The average molecular weight is 275 g/mol. The smallest absolute Gasteiger partial charge is 0.311 e. The van der Waals surface area contributed by atoms with Crippen LogP contribution in [0.25, 0.3) is 0 Å². The molecule has 1 aliphatic carbocycles. The highest BCUT2D eigenvalue weighted by Gasteiger charge is 2.53. The third-order valence-electron chi connectivity index (χ3n) is 4.86. The fraction of sp³-hybridized carbons (Fsp3) is 0.562. The van der Waals surface area contributed by atoms with Crippen LogP contribution < -0.4 is 5.32 Å². The van der Waals surface area contributed by atoms with Crippen LogP contribution in [0, 0.1) is 12.3 Å². The number of rotatable bonds is 4. The van der Waals surface area contributed by atoms with Crippen LogP contribution in [0.5, 0.6) is 0 Å². The summed E-state index contributed by atoms with van der Waals surface area (Å²) in [6.07, 6.45) is 3.13. The zero-order chi connectivity index (χ0) is 14.2. The van der Waals surface area contributed by atoms with Crippen LogP contribution in [0.15, 0.2) is 24.3 Å². The first kappa shape index (κ1) is 13.4. The van der Waals surface area contributed by atoms with E-state index in [1.807, 2.05) is 6.07 Å². The number of carbonyl (C=O) groups is 1. The largest absolute Gasteiger partial charge is 0.481 e. The Balaban J connectivity index is 1.64. The molecular formula is C16H21NO3. The summed E-state index contributed by atoms with van der Waals surface area (Å²) in [4.78, 5) is 11.4. The van der Waals surface area contributed by atoms with E-state index in [1.54, 1.807) is 0 Å². The monoisotopic (exact) mass is 275 g/mol. The van der Waals surface area contributed by atoms with E-state index in [2.05, 4.69) is 30.4 Å². The van der Waals surface area contributed by atoms with Crippen molar-refractivity contribution in [3.05, 3.63) is 29.8 Å². The molecule has 4 rings (SSSR count). The molecule has 3 fully saturated rings. The third kappa shape index (κ3) is 2.29. The first-order chi connectivity index (χ1) is 9.54. The summed E-state index contributed by atoms with van der Waals surface area (Å²) in [6, 6.07) is 8.27. The fourth-order valence-electron chi connectivity index (χ4n) is 3.29. The second-order valence-corrected chi connectivity index (χ2v) is 6.28. The minimum atomic E-state index is -0.697. The van der Waals surface area contributed by atoms with Crippen LogP contribution in [-0.4, -0.2) is 29.8 Å². The van der Waals surface area contributed by atoms with Gasteiger partial charge >= 0.3 is 5.97 Å². The van der Waals surface area contributed by atoms with Crippen molar-refractivity contribution in [1.82, 2.24) is 0 Å². The second kappa shape index (κ2) is 4.77. The van der Waals surface area contributed by atoms with Gasteiger partial charge in [0, 0.05) is 12.2 Å². The fourth-order valence-corrected chi connectivity index (χ4v) is 3.29. The molecule has 0 radical (unpaired) electrons. The molecule has 3 aliphatic rings. The Labute approximate surface area is 119 Å². The highest BCUT2D eigenvalue weighted by Crippen LogP contribution is 2.48. The molecule has 2 heterocycles. The molecular weight excluding hydrogens is 254 g/mol. The number of fused-ring (bicyclic) bond motifs is 3. The maximum absolute atomic E-state index is 11.4. The van der Waals surface area contributed by atoms with Crippen LogP contribution in [0.1, 0.15) is 31.2 Å². The van der Waals surface area contributed by atoms with Crippen LogP contribution >= 0.6 is 0 Å². The van der Waals surface area contributed by atoms with Crippen molar-refractivity contribution in [2.45, 2.75) is 38.2 Å². The van der Waals surface area contributed by atoms with Gasteiger partial charge in [0.05, 0.1) is 17.6 Å². The lowest BCUT2D eigenvalue weighted by molar-refractivity contribution is -0.197. The lowest BCUT2D eigenvalue weighted by Gasteiger charge is -2.51. The molecule has 1 saturated carbocycles. The minimum absolute atomic E-state index is 0.180. The number of aryl methyl sites for hydroxylation is 1. The van der Waals surface area contributed by atoms with Crippen molar-refractivity contribution in [1.29, 1.82) is 0 Å². The van der Waals surface area contributed by atoms with Crippen molar-refractivity contribution < 1.29 is 14.6 Å². The highest BCUT2D eigenvalue weighted by molar-refractivity contribution is 5.75. The Morgan fingerprint density at radius 2 is 2.10 bits per heavy atom. The number of hydrogen-bond donors (Lipinski definition) is 2. The van der Waals surface area contributed by atoms with Crippen molar-refractivity contribution in [2.24, 2.45) is 5.41 Å². The molecule has 1 aromatic carbocycles. The van der Waals surface area contributed by atoms with E-state index in [4.69, 9.17) is 4.74 Å². The first-order valence-electron chi connectivity index (χ1n) is 7.22. The van der Waals surface area contributed by atoms with Crippen molar-refractivity contribution >= 4 is 11.7 Å². The number of hydrogen-bond acceptors (Lipinski definition) is 3. The van der Waals surface area contributed by atoms with Gasteiger partial charge in [0.25, 0.3) is 0 Å². The Morgan fingerprint density at radius 3 is 2.65 bits per heavy atom. The number of aliphatic carboxylic acids is 1. The lowest BCUT2D eigenvalue weighted by Crippen LogP contribution is -2.56. The van der Waals surface area contributed by atoms with Crippen LogP contribution in [0.2, 0.25) is 0 Å². The molecule has 0 amide bonds. The summed E-state index contributed by atoms with van der Waals surface area (Å²) < 4.78 is 5.94. The number of carboxylic acid groups (broad SMARTS) is 1.